The molecule has 2 aromatic rings. The molecule has 2 N–H and O–H groups in total. The largest absolute Gasteiger partial charge is 0.452 e. The van der Waals surface area contributed by atoms with Gasteiger partial charge in [-0.15, -0.1) is 0 Å². The first-order valence-corrected chi connectivity index (χ1v) is 8.49. The van der Waals surface area contributed by atoms with Crippen molar-refractivity contribution in [2.75, 3.05) is 25.0 Å². The van der Waals surface area contributed by atoms with Gasteiger partial charge in [-0.2, -0.15) is 0 Å². The first kappa shape index (κ1) is 18.8. The summed E-state index contributed by atoms with van der Waals surface area (Å²) < 4.78 is 5.06. The van der Waals surface area contributed by atoms with Crippen molar-refractivity contribution >= 4 is 29.2 Å². The number of halogens is 1. The molecule has 0 aromatic heterocycles. The van der Waals surface area contributed by atoms with Gasteiger partial charge in [0.2, 0.25) is 0 Å². The summed E-state index contributed by atoms with van der Waals surface area (Å²) >= 11 is 5.87. The van der Waals surface area contributed by atoms with Gasteiger partial charge in [-0.25, -0.2) is 4.79 Å². The quantitative estimate of drug-likeness (QED) is 0.709. The van der Waals surface area contributed by atoms with Gasteiger partial charge in [-0.05, 0) is 43.2 Å². The first-order valence-electron chi connectivity index (χ1n) is 8.11. The lowest BCUT2D eigenvalue weighted by atomic mass is 10.1. The molecule has 0 saturated carbocycles. The van der Waals surface area contributed by atoms with E-state index in [2.05, 4.69) is 10.6 Å². The molecule has 0 fully saturated rings. The van der Waals surface area contributed by atoms with Crippen LogP contribution in [0.5, 0.6) is 0 Å². The van der Waals surface area contributed by atoms with E-state index in [1.807, 2.05) is 36.4 Å². The number of likely N-dealkylation sites (N-methyl/N-ethyl adjacent to an activating group) is 1. The Morgan fingerprint density at radius 3 is 2.52 bits per heavy atom. The second-order valence-electron chi connectivity index (χ2n) is 5.38. The van der Waals surface area contributed by atoms with E-state index in [0.717, 1.165) is 12.0 Å². The second-order valence-corrected chi connectivity index (χ2v) is 5.81. The van der Waals surface area contributed by atoms with Crippen LogP contribution in [0.25, 0.3) is 0 Å². The Morgan fingerprint density at radius 1 is 1.08 bits per heavy atom. The summed E-state index contributed by atoms with van der Waals surface area (Å²) in [5.41, 5.74) is 2.23. The number of hydrogen-bond acceptors (Lipinski definition) is 4. The van der Waals surface area contributed by atoms with Gasteiger partial charge in [0.15, 0.2) is 6.61 Å². The van der Waals surface area contributed by atoms with Crippen molar-refractivity contribution in [3.8, 4) is 0 Å². The zero-order valence-corrected chi connectivity index (χ0v) is 14.8. The third kappa shape index (κ3) is 6.12. The van der Waals surface area contributed by atoms with Gasteiger partial charge in [-0.1, -0.05) is 35.9 Å². The van der Waals surface area contributed by atoms with Gasteiger partial charge in [0.25, 0.3) is 5.91 Å². The molecule has 0 unspecified atom stereocenters. The second kappa shape index (κ2) is 9.69. The predicted molar refractivity (Wildman–Crippen MR) is 99.1 cm³/mol. The lowest BCUT2D eigenvalue weighted by Crippen LogP contribution is -2.28. The molecule has 0 spiro atoms. The van der Waals surface area contributed by atoms with Crippen LogP contribution < -0.4 is 10.6 Å². The molecule has 132 valence electrons. The molecule has 0 aliphatic carbocycles. The van der Waals surface area contributed by atoms with E-state index in [9.17, 15) is 9.59 Å². The van der Waals surface area contributed by atoms with Crippen LogP contribution in [0.3, 0.4) is 0 Å². The smallest absolute Gasteiger partial charge is 0.340 e. The van der Waals surface area contributed by atoms with Crippen LogP contribution in [0.2, 0.25) is 5.02 Å². The fourth-order valence-electron chi connectivity index (χ4n) is 2.26. The number of ether oxygens (including phenoxy) is 1. The van der Waals surface area contributed by atoms with E-state index < -0.39 is 5.97 Å². The molecule has 5 nitrogen and oxygen atoms in total. The van der Waals surface area contributed by atoms with Crippen LogP contribution in [-0.4, -0.2) is 31.6 Å². The minimum atomic E-state index is -0.527. The summed E-state index contributed by atoms with van der Waals surface area (Å²) in [7, 11) is 0. The molecular weight excluding hydrogens is 340 g/mol. The van der Waals surface area contributed by atoms with Crippen LogP contribution in [0.4, 0.5) is 5.69 Å². The van der Waals surface area contributed by atoms with Crippen molar-refractivity contribution in [2.24, 2.45) is 0 Å². The van der Waals surface area contributed by atoms with Crippen LogP contribution in [0.1, 0.15) is 22.8 Å². The van der Waals surface area contributed by atoms with Crippen molar-refractivity contribution in [3.05, 3.63) is 64.7 Å². The molecule has 0 aliphatic rings. The Balaban J connectivity index is 1.91. The molecule has 0 saturated heterocycles. The number of benzene rings is 2. The Bertz CT molecular complexity index is 717. The Kier molecular flexibility index (Phi) is 7.29. The average Bonchev–Trinajstić information content (AvgIpc) is 2.62. The third-order valence-electron chi connectivity index (χ3n) is 3.50. The highest BCUT2D eigenvalue weighted by molar-refractivity contribution is 6.30. The maximum atomic E-state index is 12.2. The first-order chi connectivity index (χ1) is 12.1. The van der Waals surface area contributed by atoms with E-state index in [4.69, 9.17) is 16.3 Å². The van der Waals surface area contributed by atoms with Crippen molar-refractivity contribution in [1.82, 2.24) is 5.32 Å². The van der Waals surface area contributed by atoms with E-state index in [1.165, 1.54) is 0 Å². The number of esters is 1. The number of rotatable bonds is 8. The van der Waals surface area contributed by atoms with E-state index in [1.54, 1.807) is 19.1 Å². The molecule has 0 bridgehead atoms. The van der Waals surface area contributed by atoms with Crippen LogP contribution in [0, 0.1) is 0 Å². The minimum absolute atomic E-state index is 0.286. The molecule has 0 radical (unpaired) electrons. The number of amides is 1. The lowest BCUT2D eigenvalue weighted by molar-refractivity contribution is -0.124. The number of nitrogens with one attached hydrogen (secondary N) is 2. The SMILES string of the molecule is CCNC(=O)COC(=O)c1ccccc1NCCc1ccc(Cl)cc1. The molecular formula is C19H21ClN2O3. The molecule has 0 heterocycles. The van der Waals surface area contributed by atoms with E-state index in [0.29, 0.717) is 29.4 Å². The summed E-state index contributed by atoms with van der Waals surface area (Å²) in [4.78, 5) is 23.6. The van der Waals surface area contributed by atoms with Crippen LogP contribution in [0.15, 0.2) is 48.5 Å². The third-order valence-corrected chi connectivity index (χ3v) is 3.75. The molecule has 0 aliphatic heterocycles. The highest BCUT2D eigenvalue weighted by Crippen LogP contribution is 2.17. The van der Waals surface area contributed by atoms with E-state index >= 15 is 0 Å². The monoisotopic (exact) mass is 360 g/mol. The molecule has 1 amide bonds. The summed E-state index contributed by atoms with van der Waals surface area (Å²) in [6, 6.07) is 14.7. The lowest BCUT2D eigenvalue weighted by Gasteiger charge is -2.12. The minimum Gasteiger partial charge on any atom is -0.452 e. The van der Waals surface area contributed by atoms with Gasteiger partial charge < -0.3 is 15.4 Å². The molecule has 2 aromatic carbocycles. The molecule has 0 atom stereocenters. The zero-order valence-electron chi connectivity index (χ0n) is 14.0. The maximum absolute atomic E-state index is 12.2. The van der Waals surface area contributed by atoms with Gasteiger partial charge >= 0.3 is 5.97 Å². The molecule has 25 heavy (non-hydrogen) atoms. The highest BCUT2D eigenvalue weighted by atomic mass is 35.5. The maximum Gasteiger partial charge on any atom is 0.340 e. The standard InChI is InChI=1S/C19H21ClN2O3/c1-2-21-18(23)13-25-19(24)16-5-3-4-6-17(16)22-12-11-14-7-9-15(20)10-8-14/h3-10,22H,2,11-13H2,1H3,(H,21,23). The van der Waals surface area contributed by atoms with Crippen molar-refractivity contribution in [2.45, 2.75) is 13.3 Å². The number of hydrogen-bond donors (Lipinski definition) is 2. The zero-order chi connectivity index (χ0) is 18.1. The van der Waals surface area contributed by atoms with Crippen molar-refractivity contribution in [1.29, 1.82) is 0 Å². The molecule has 2 rings (SSSR count). The van der Waals surface area contributed by atoms with Gasteiger partial charge in [0.05, 0.1) is 5.56 Å². The van der Waals surface area contributed by atoms with Crippen molar-refractivity contribution in [3.63, 3.8) is 0 Å². The Morgan fingerprint density at radius 2 is 1.80 bits per heavy atom. The van der Waals surface area contributed by atoms with Gasteiger partial charge in [0, 0.05) is 23.8 Å². The summed E-state index contributed by atoms with van der Waals surface area (Å²) in [6.45, 7) is 2.67. The summed E-state index contributed by atoms with van der Waals surface area (Å²) in [6.07, 6.45) is 0.791. The summed E-state index contributed by atoms with van der Waals surface area (Å²) in [5, 5.41) is 6.52. The predicted octanol–water partition coefficient (Wildman–Crippen LogP) is 3.29. The fourth-order valence-corrected chi connectivity index (χ4v) is 2.39. The number of para-hydroxylation sites is 1. The van der Waals surface area contributed by atoms with Gasteiger partial charge in [0.1, 0.15) is 0 Å². The van der Waals surface area contributed by atoms with Gasteiger partial charge in [-0.3, -0.25) is 4.79 Å². The fraction of sp³-hybridized carbons (Fsp3) is 0.263. The average molecular weight is 361 g/mol. The highest BCUT2D eigenvalue weighted by Gasteiger charge is 2.13. The number of carbonyl (C=O) groups is 2. The summed E-state index contributed by atoms with van der Waals surface area (Å²) in [5.74, 6) is -0.843. The molecule has 6 heteroatoms. The Labute approximate surface area is 152 Å². The number of carbonyl (C=O) groups excluding carboxylic acids is 2. The van der Waals surface area contributed by atoms with Crippen molar-refractivity contribution < 1.29 is 14.3 Å². The topological polar surface area (TPSA) is 67.4 Å². The Hall–Kier alpha value is -2.53. The number of anilines is 1. The normalized spacial score (nSPS) is 10.2. The van der Waals surface area contributed by atoms with Crippen LogP contribution in [-0.2, 0) is 16.0 Å². The van der Waals surface area contributed by atoms with E-state index in [-0.39, 0.29) is 12.5 Å². The van der Waals surface area contributed by atoms with Crippen LogP contribution >= 0.6 is 11.6 Å².